The molecule has 5 heteroatoms. The van der Waals surface area contributed by atoms with Gasteiger partial charge < -0.3 is 18.9 Å². The summed E-state index contributed by atoms with van der Waals surface area (Å²) in [6, 6.07) is 23.0. The van der Waals surface area contributed by atoms with Crippen LogP contribution in [0.25, 0.3) is 0 Å². The molecule has 0 amide bonds. The Kier molecular flexibility index (Phi) is 5.72. The fourth-order valence-corrected chi connectivity index (χ4v) is 2.31. The van der Waals surface area contributed by atoms with Crippen molar-refractivity contribution >= 4 is 5.97 Å². The Balaban J connectivity index is 1.66. The highest BCUT2D eigenvalue weighted by molar-refractivity contribution is 5.93. The van der Waals surface area contributed by atoms with Crippen molar-refractivity contribution < 1.29 is 23.7 Å². The first-order valence-corrected chi connectivity index (χ1v) is 8.03. The number of carbonyl (C=O) groups excluding carboxylic acids is 1. The molecule has 0 saturated carbocycles. The zero-order valence-corrected chi connectivity index (χ0v) is 14.3. The minimum absolute atomic E-state index is 0.0734. The minimum Gasteiger partial charge on any atom is -0.493 e. The fourth-order valence-electron chi connectivity index (χ4n) is 2.31. The molecule has 0 atom stereocenters. The highest BCUT2D eigenvalue weighted by Crippen LogP contribution is 2.26. The second kappa shape index (κ2) is 8.58. The van der Waals surface area contributed by atoms with Crippen LogP contribution in [0.15, 0.2) is 78.9 Å². The number of para-hydroxylation sites is 4. The number of rotatable bonds is 7. The smallest absolute Gasteiger partial charge is 0.347 e. The lowest BCUT2D eigenvalue weighted by molar-refractivity contribution is 0.0719. The Morgan fingerprint density at radius 3 is 2.04 bits per heavy atom. The van der Waals surface area contributed by atoms with Gasteiger partial charge in [-0.3, -0.25) is 0 Å². The van der Waals surface area contributed by atoms with Crippen molar-refractivity contribution in [1.29, 1.82) is 0 Å². The standard InChI is InChI=1S/C21H18O5/c1-23-19-13-7-8-14-20(19)25-15-24-18-12-6-5-11-17(18)21(22)26-16-9-3-2-4-10-16/h2-14H,15H2,1H3. The first-order chi connectivity index (χ1) is 12.8. The summed E-state index contributed by atoms with van der Waals surface area (Å²) in [5, 5.41) is 0. The van der Waals surface area contributed by atoms with Crippen LogP contribution in [-0.2, 0) is 0 Å². The van der Waals surface area contributed by atoms with Crippen molar-refractivity contribution in [2.75, 3.05) is 13.9 Å². The maximum Gasteiger partial charge on any atom is 0.347 e. The number of carbonyl (C=O) groups is 1. The molecule has 132 valence electrons. The zero-order valence-electron chi connectivity index (χ0n) is 14.3. The van der Waals surface area contributed by atoms with Gasteiger partial charge in [-0.25, -0.2) is 4.79 Å². The van der Waals surface area contributed by atoms with Crippen LogP contribution in [0.3, 0.4) is 0 Å². The molecule has 0 radical (unpaired) electrons. The van der Waals surface area contributed by atoms with Gasteiger partial charge in [0.15, 0.2) is 11.5 Å². The molecule has 3 aromatic carbocycles. The van der Waals surface area contributed by atoms with E-state index in [0.29, 0.717) is 28.6 Å². The van der Waals surface area contributed by atoms with Crippen LogP contribution in [0.5, 0.6) is 23.0 Å². The first-order valence-electron chi connectivity index (χ1n) is 8.03. The average Bonchev–Trinajstić information content (AvgIpc) is 2.69. The summed E-state index contributed by atoms with van der Waals surface area (Å²) in [4.78, 5) is 12.4. The Bertz CT molecular complexity index is 861. The van der Waals surface area contributed by atoms with Crippen LogP contribution in [0, 0.1) is 0 Å². The van der Waals surface area contributed by atoms with Crippen LogP contribution >= 0.6 is 0 Å². The second-order valence-corrected chi connectivity index (χ2v) is 5.26. The van der Waals surface area contributed by atoms with Crippen molar-refractivity contribution in [2.45, 2.75) is 0 Å². The van der Waals surface area contributed by atoms with Gasteiger partial charge in [0, 0.05) is 0 Å². The average molecular weight is 350 g/mol. The molecule has 0 bridgehead atoms. The molecule has 0 saturated heterocycles. The Morgan fingerprint density at radius 1 is 0.731 bits per heavy atom. The summed E-state index contributed by atoms with van der Waals surface area (Å²) < 4.78 is 21.8. The maximum absolute atomic E-state index is 12.4. The van der Waals surface area contributed by atoms with E-state index in [1.54, 1.807) is 67.8 Å². The quantitative estimate of drug-likeness (QED) is 0.361. The van der Waals surface area contributed by atoms with Crippen molar-refractivity contribution in [3.8, 4) is 23.0 Å². The zero-order chi connectivity index (χ0) is 18.2. The topological polar surface area (TPSA) is 54.0 Å². The molecule has 26 heavy (non-hydrogen) atoms. The van der Waals surface area contributed by atoms with Gasteiger partial charge in [0.2, 0.25) is 6.79 Å². The van der Waals surface area contributed by atoms with E-state index in [1.165, 1.54) is 0 Å². The van der Waals surface area contributed by atoms with Crippen molar-refractivity contribution in [2.24, 2.45) is 0 Å². The van der Waals surface area contributed by atoms with Crippen LogP contribution in [0.4, 0.5) is 0 Å². The fraction of sp³-hybridized carbons (Fsp3) is 0.0952. The largest absolute Gasteiger partial charge is 0.493 e. The first kappa shape index (κ1) is 17.4. The SMILES string of the molecule is COc1ccccc1OCOc1ccccc1C(=O)Oc1ccccc1. The number of esters is 1. The molecule has 0 aliphatic rings. The summed E-state index contributed by atoms with van der Waals surface area (Å²) in [6.45, 7) is -0.0734. The summed E-state index contributed by atoms with van der Waals surface area (Å²) >= 11 is 0. The lowest BCUT2D eigenvalue weighted by Crippen LogP contribution is -2.13. The van der Waals surface area contributed by atoms with Crippen LogP contribution < -0.4 is 18.9 Å². The van der Waals surface area contributed by atoms with E-state index in [0.717, 1.165) is 0 Å². The molecule has 3 rings (SSSR count). The molecule has 0 unspecified atom stereocenters. The Labute approximate surface area is 151 Å². The van der Waals surface area contributed by atoms with Gasteiger partial charge in [-0.15, -0.1) is 0 Å². The highest BCUT2D eigenvalue weighted by atomic mass is 16.7. The van der Waals surface area contributed by atoms with Gasteiger partial charge >= 0.3 is 5.97 Å². The van der Waals surface area contributed by atoms with Gasteiger partial charge in [-0.1, -0.05) is 42.5 Å². The van der Waals surface area contributed by atoms with Gasteiger partial charge in [0.1, 0.15) is 17.1 Å². The van der Waals surface area contributed by atoms with E-state index in [4.69, 9.17) is 18.9 Å². The normalized spacial score (nSPS) is 10.0. The summed E-state index contributed by atoms with van der Waals surface area (Å²) in [6.07, 6.45) is 0. The van der Waals surface area contributed by atoms with Gasteiger partial charge in [-0.2, -0.15) is 0 Å². The van der Waals surface area contributed by atoms with Crippen molar-refractivity contribution in [3.63, 3.8) is 0 Å². The summed E-state index contributed by atoms with van der Waals surface area (Å²) in [5.41, 5.74) is 0.319. The van der Waals surface area contributed by atoms with E-state index in [-0.39, 0.29) is 6.79 Å². The molecule has 0 fully saturated rings. The monoisotopic (exact) mass is 350 g/mol. The highest BCUT2D eigenvalue weighted by Gasteiger charge is 2.15. The maximum atomic E-state index is 12.4. The number of hydrogen-bond donors (Lipinski definition) is 0. The third-order valence-corrected chi connectivity index (χ3v) is 3.56. The number of hydrogen-bond acceptors (Lipinski definition) is 5. The summed E-state index contributed by atoms with van der Waals surface area (Å²) in [7, 11) is 1.57. The van der Waals surface area contributed by atoms with E-state index in [9.17, 15) is 4.79 Å². The lowest BCUT2D eigenvalue weighted by atomic mass is 10.2. The molecular weight excluding hydrogens is 332 g/mol. The lowest BCUT2D eigenvalue weighted by Gasteiger charge is -2.13. The molecular formula is C21H18O5. The van der Waals surface area contributed by atoms with E-state index in [1.807, 2.05) is 18.2 Å². The predicted octanol–water partition coefficient (Wildman–Crippen LogP) is 4.33. The molecule has 0 aliphatic heterocycles. The van der Waals surface area contributed by atoms with E-state index >= 15 is 0 Å². The molecule has 0 spiro atoms. The molecule has 0 aliphatic carbocycles. The Hall–Kier alpha value is -3.47. The molecule has 0 aromatic heterocycles. The van der Waals surface area contributed by atoms with Crippen molar-refractivity contribution in [3.05, 3.63) is 84.4 Å². The van der Waals surface area contributed by atoms with Gasteiger partial charge in [-0.05, 0) is 36.4 Å². The third kappa shape index (κ3) is 4.33. The second-order valence-electron chi connectivity index (χ2n) is 5.26. The molecule has 5 nitrogen and oxygen atoms in total. The molecule has 0 N–H and O–H groups in total. The van der Waals surface area contributed by atoms with Gasteiger partial charge in [0.05, 0.1) is 7.11 Å². The number of benzene rings is 3. The molecule has 0 heterocycles. The third-order valence-electron chi connectivity index (χ3n) is 3.56. The van der Waals surface area contributed by atoms with E-state index < -0.39 is 5.97 Å². The van der Waals surface area contributed by atoms with Crippen LogP contribution in [0.1, 0.15) is 10.4 Å². The minimum atomic E-state index is -0.496. The predicted molar refractivity (Wildman–Crippen MR) is 97.0 cm³/mol. The number of methoxy groups -OCH3 is 1. The van der Waals surface area contributed by atoms with Gasteiger partial charge in [0.25, 0.3) is 0 Å². The number of ether oxygens (including phenoxy) is 4. The van der Waals surface area contributed by atoms with E-state index in [2.05, 4.69) is 0 Å². The van der Waals surface area contributed by atoms with Crippen LogP contribution in [0.2, 0.25) is 0 Å². The van der Waals surface area contributed by atoms with Crippen molar-refractivity contribution in [1.82, 2.24) is 0 Å². The Morgan fingerprint density at radius 2 is 1.31 bits per heavy atom. The molecule has 3 aromatic rings. The summed E-state index contributed by atoms with van der Waals surface area (Å²) in [5.74, 6) is 1.51. The van der Waals surface area contributed by atoms with Crippen LogP contribution in [-0.4, -0.2) is 19.9 Å².